The number of rotatable bonds is 4. The molecule has 1 atom stereocenters. The number of amides is 1. The molecular weight excluding hydrogens is 180 g/mol. The summed E-state index contributed by atoms with van der Waals surface area (Å²) in [6, 6.07) is 6.65. The van der Waals surface area contributed by atoms with Crippen LogP contribution in [0.2, 0.25) is 0 Å². The Morgan fingerprint density at radius 1 is 1.43 bits per heavy atom. The minimum absolute atomic E-state index is 0.104. The molecule has 0 aliphatic heterocycles. The third kappa shape index (κ3) is 2.55. The van der Waals surface area contributed by atoms with Crippen LogP contribution in [0.1, 0.15) is 15.9 Å². The Hall–Kier alpha value is -1.39. The van der Waals surface area contributed by atoms with Gasteiger partial charge in [-0.05, 0) is 18.1 Å². The van der Waals surface area contributed by atoms with E-state index in [2.05, 4.69) is 0 Å². The molecule has 4 nitrogen and oxygen atoms in total. The maximum absolute atomic E-state index is 11.0. The van der Waals surface area contributed by atoms with Crippen molar-refractivity contribution in [1.82, 2.24) is 0 Å². The lowest BCUT2D eigenvalue weighted by Crippen LogP contribution is -2.28. The second kappa shape index (κ2) is 4.74. The summed E-state index contributed by atoms with van der Waals surface area (Å²) in [4.78, 5) is 11.0. The number of carbonyl (C=O) groups excluding carboxylic acids is 1. The van der Waals surface area contributed by atoms with Gasteiger partial charge in [0.1, 0.15) is 0 Å². The van der Waals surface area contributed by atoms with E-state index in [1.165, 1.54) is 0 Å². The summed E-state index contributed by atoms with van der Waals surface area (Å²) in [5, 5.41) is 8.78. The van der Waals surface area contributed by atoms with Crippen molar-refractivity contribution in [2.24, 2.45) is 11.5 Å². The minimum Gasteiger partial charge on any atom is -0.395 e. The maximum Gasteiger partial charge on any atom is 0.248 e. The zero-order valence-corrected chi connectivity index (χ0v) is 7.81. The third-order valence-corrected chi connectivity index (χ3v) is 2.00. The summed E-state index contributed by atoms with van der Waals surface area (Å²) in [6.45, 7) is -0.104. The average Bonchev–Trinajstić information content (AvgIpc) is 2.18. The molecule has 0 aliphatic rings. The fraction of sp³-hybridized carbons (Fsp3) is 0.300. The third-order valence-electron chi connectivity index (χ3n) is 2.00. The highest BCUT2D eigenvalue weighted by Gasteiger charge is 2.09. The Morgan fingerprint density at radius 3 is 2.64 bits per heavy atom. The van der Waals surface area contributed by atoms with Gasteiger partial charge in [-0.2, -0.15) is 0 Å². The van der Waals surface area contributed by atoms with Gasteiger partial charge in [0.25, 0.3) is 0 Å². The normalized spacial score (nSPS) is 12.4. The Kier molecular flexibility index (Phi) is 3.62. The standard InChI is InChI=1S/C10H14N2O2/c11-8(6-13)5-7-3-1-2-4-9(7)10(12)14/h1-4,8,13H,5-6,11H2,(H2,12,14)/t8-/m0/s1. The van der Waals surface area contributed by atoms with Crippen LogP contribution in [0.5, 0.6) is 0 Å². The fourth-order valence-electron chi connectivity index (χ4n) is 1.29. The highest BCUT2D eigenvalue weighted by Crippen LogP contribution is 2.09. The number of hydrogen-bond acceptors (Lipinski definition) is 3. The maximum atomic E-state index is 11.0. The van der Waals surface area contributed by atoms with E-state index >= 15 is 0 Å². The molecule has 1 aromatic carbocycles. The molecule has 1 aromatic rings. The summed E-state index contributed by atoms with van der Waals surface area (Å²) in [5.41, 5.74) is 12.0. The Morgan fingerprint density at radius 2 is 2.07 bits per heavy atom. The van der Waals surface area contributed by atoms with E-state index < -0.39 is 5.91 Å². The molecule has 76 valence electrons. The molecule has 0 unspecified atom stereocenters. The lowest BCUT2D eigenvalue weighted by Gasteiger charge is -2.10. The van der Waals surface area contributed by atoms with Gasteiger partial charge >= 0.3 is 0 Å². The molecular formula is C10H14N2O2. The summed E-state index contributed by atoms with van der Waals surface area (Å²) in [6.07, 6.45) is 0.454. The zero-order chi connectivity index (χ0) is 10.6. The predicted molar refractivity (Wildman–Crippen MR) is 53.7 cm³/mol. The van der Waals surface area contributed by atoms with Crippen LogP contribution in [-0.2, 0) is 6.42 Å². The quantitative estimate of drug-likeness (QED) is 0.612. The largest absolute Gasteiger partial charge is 0.395 e. The van der Waals surface area contributed by atoms with Gasteiger partial charge < -0.3 is 16.6 Å². The number of aliphatic hydroxyl groups excluding tert-OH is 1. The molecule has 0 spiro atoms. The van der Waals surface area contributed by atoms with Crippen LogP contribution in [0.15, 0.2) is 24.3 Å². The topological polar surface area (TPSA) is 89.3 Å². The number of carbonyl (C=O) groups is 1. The summed E-state index contributed by atoms with van der Waals surface area (Å²) in [5.74, 6) is -0.467. The SMILES string of the molecule is NC(=O)c1ccccc1C[C@H](N)CO. The molecule has 5 N–H and O–H groups in total. The van der Waals surface area contributed by atoms with Crippen molar-refractivity contribution in [3.05, 3.63) is 35.4 Å². The Labute approximate surface area is 82.5 Å². The Bertz CT molecular complexity index is 326. The summed E-state index contributed by atoms with van der Waals surface area (Å²) >= 11 is 0. The van der Waals surface area contributed by atoms with E-state index in [1.54, 1.807) is 18.2 Å². The Balaban J connectivity index is 2.90. The summed E-state index contributed by atoms with van der Waals surface area (Å²) in [7, 11) is 0. The van der Waals surface area contributed by atoms with Gasteiger partial charge in [-0.15, -0.1) is 0 Å². The zero-order valence-electron chi connectivity index (χ0n) is 7.81. The lowest BCUT2D eigenvalue weighted by atomic mass is 10.0. The van der Waals surface area contributed by atoms with Crippen molar-refractivity contribution in [3.8, 4) is 0 Å². The number of benzene rings is 1. The van der Waals surface area contributed by atoms with Crippen LogP contribution in [0, 0.1) is 0 Å². The van der Waals surface area contributed by atoms with Crippen molar-refractivity contribution in [1.29, 1.82) is 0 Å². The highest BCUT2D eigenvalue weighted by atomic mass is 16.3. The van der Waals surface area contributed by atoms with Gasteiger partial charge in [-0.25, -0.2) is 0 Å². The van der Waals surface area contributed by atoms with Gasteiger partial charge in [-0.3, -0.25) is 4.79 Å². The van der Waals surface area contributed by atoms with Gasteiger partial charge in [0, 0.05) is 11.6 Å². The number of primary amides is 1. The lowest BCUT2D eigenvalue weighted by molar-refractivity contribution is 0.0999. The van der Waals surface area contributed by atoms with Crippen molar-refractivity contribution in [2.45, 2.75) is 12.5 Å². The molecule has 1 rings (SSSR count). The molecule has 0 saturated heterocycles. The molecule has 0 saturated carbocycles. The minimum atomic E-state index is -0.467. The van der Waals surface area contributed by atoms with Crippen LogP contribution in [-0.4, -0.2) is 23.7 Å². The number of nitrogens with two attached hydrogens (primary N) is 2. The van der Waals surface area contributed by atoms with E-state index in [1.807, 2.05) is 6.07 Å². The van der Waals surface area contributed by atoms with E-state index in [4.69, 9.17) is 16.6 Å². The molecule has 0 aliphatic carbocycles. The van der Waals surface area contributed by atoms with Crippen LogP contribution in [0.3, 0.4) is 0 Å². The number of aliphatic hydroxyl groups is 1. The first-order chi connectivity index (χ1) is 6.65. The first-order valence-electron chi connectivity index (χ1n) is 4.39. The highest BCUT2D eigenvalue weighted by molar-refractivity contribution is 5.94. The van der Waals surface area contributed by atoms with E-state index in [-0.39, 0.29) is 12.6 Å². The monoisotopic (exact) mass is 194 g/mol. The first kappa shape index (κ1) is 10.7. The molecule has 0 fully saturated rings. The van der Waals surface area contributed by atoms with Crippen molar-refractivity contribution >= 4 is 5.91 Å². The van der Waals surface area contributed by atoms with Crippen LogP contribution < -0.4 is 11.5 Å². The van der Waals surface area contributed by atoms with Crippen LogP contribution in [0.25, 0.3) is 0 Å². The predicted octanol–water partition coefficient (Wildman–Crippen LogP) is -0.352. The molecule has 14 heavy (non-hydrogen) atoms. The van der Waals surface area contributed by atoms with Crippen molar-refractivity contribution < 1.29 is 9.90 Å². The van der Waals surface area contributed by atoms with Crippen LogP contribution >= 0.6 is 0 Å². The number of hydrogen-bond donors (Lipinski definition) is 3. The van der Waals surface area contributed by atoms with Crippen molar-refractivity contribution in [2.75, 3.05) is 6.61 Å². The second-order valence-electron chi connectivity index (χ2n) is 3.17. The van der Waals surface area contributed by atoms with Crippen molar-refractivity contribution in [3.63, 3.8) is 0 Å². The fourth-order valence-corrected chi connectivity index (χ4v) is 1.29. The smallest absolute Gasteiger partial charge is 0.248 e. The molecule has 0 heterocycles. The van der Waals surface area contributed by atoms with Gasteiger partial charge in [0.05, 0.1) is 6.61 Å². The van der Waals surface area contributed by atoms with Crippen LogP contribution in [0.4, 0.5) is 0 Å². The molecule has 4 heteroatoms. The van der Waals surface area contributed by atoms with E-state index in [9.17, 15) is 4.79 Å². The molecule has 0 bridgehead atoms. The molecule has 0 radical (unpaired) electrons. The van der Waals surface area contributed by atoms with E-state index in [0.29, 0.717) is 12.0 Å². The second-order valence-corrected chi connectivity index (χ2v) is 3.17. The molecule has 1 amide bonds. The first-order valence-corrected chi connectivity index (χ1v) is 4.39. The van der Waals surface area contributed by atoms with E-state index in [0.717, 1.165) is 5.56 Å². The average molecular weight is 194 g/mol. The van der Waals surface area contributed by atoms with Gasteiger partial charge in [0.15, 0.2) is 0 Å². The van der Waals surface area contributed by atoms with Gasteiger partial charge in [-0.1, -0.05) is 18.2 Å². The molecule has 0 aromatic heterocycles. The van der Waals surface area contributed by atoms with Gasteiger partial charge in [0.2, 0.25) is 5.91 Å². The summed E-state index contributed by atoms with van der Waals surface area (Å²) < 4.78 is 0.